The average Bonchev–Trinajstić information content (AvgIpc) is 3.19. The van der Waals surface area contributed by atoms with E-state index in [-0.39, 0.29) is 22.3 Å². The molecule has 0 radical (unpaired) electrons. The van der Waals surface area contributed by atoms with Crippen molar-refractivity contribution >= 4 is 16.9 Å². The van der Waals surface area contributed by atoms with Crippen molar-refractivity contribution in [2.45, 2.75) is 12.5 Å². The molecule has 1 amide bonds. The topological polar surface area (TPSA) is 78.2 Å². The zero-order valence-corrected chi connectivity index (χ0v) is 20.0. The van der Waals surface area contributed by atoms with Gasteiger partial charge >= 0.3 is 0 Å². The molecule has 8 heteroatoms. The largest absolute Gasteiger partial charge is 0.497 e. The van der Waals surface area contributed by atoms with Gasteiger partial charge in [0.25, 0.3) is 5.91 Å². The van der Waals surface area contributed by atoms with Crippen LogP contribution in [0.3, 0.4) is 0 Å². The van der Waals surface area contributed by atoms with Crippen LogP contribution in [-0.2, 0) is 6.42 Å². The summed E-state index contributed by atoms with van der Waals surface area (Å²) in [4.78, 5) is 28.8. The van der Waals surface area contributed by atoms with Crippen molar-refractivity contribution in [3.63, 3.8) is 0 Å². The van der Waals surface area contributed by atoms with Gasteiger partial charge in [-0.05, 0) is 60.0 Å². The summed E-state index contributed by atoms with van der Waals surface area (Å²) in [6.45, 7) is 0.296. The third-order valence-electron chi connectivity index (χ3n) is 6.43. The lowest BCUT2D eigenvalue weighted by atomic mass is 9.98. The van der Waals surface area contributed by atoms with Crippen LogP contribution in [-0.4, -0.2) is 38.7 Å². The van der Waals surface area contributed by atoms with Crippen molar-refractivity contribution in [2.24, 2.45) is 0 Å². The molecule has 0 fully saturated rings. The predicted molar refractivity (Wildman–Crippen MR) is 132 cm³/mol. The van der Waals surface area contributed by atoms with Crippen LogP contribution in [0.25, 0.3) is 11.0 Å². The van der Waals surface area contributed by atoms with Gasteiger partial charge in [-0.1, -0.05) is 18.2 Å². The van der Waals surface area contributed by atoms with Crippen molar-refractivity contribution in [1.29, 1.82) is 0 Å². The molecule has 0 saturated carbocycles. The van der Waals surface area contributed by atoms with Crippen molar-refractivity contribution in [1.82, 2.24) is 4.90 Å². The van der Waals surface area contributed by atoms with Crippen LogP contribution in [0.15, 0.2) is 69.9 Å². The Balaban J connectivity index is 1.60. The molecule has 0 spiro atoms. The fraction of sp³-hybridized carbons (Fsp3) is 0.214. The van der Waals surface area contributed by atoms with E-state index >= 15 is 0 Å². The highest BCUT2D eigenvalue weighted by atomic mass is 19.1. The number of hydrogen-bond donors (Lipinski definition) is 0. The van der Waals surface area contributed by atoms with Crippen molar-refractivity contribution in [3.05, 3.63) is 99.2 Å². The number of nitrogens with zero attached hydrogens (tertiary/aromatic N) is 1. The normalized spacial score (nSPS) is 14.7. The van der Waals surface area contributed by atoms with Crippen molar-refractivity contribution in [2.75, 3.05) is 27.9 Å². The van der Waals surface area contributed by atoms with Crippen LogP contribution in [0.1, 0.15) is 33.3 Å². The molecule has 4 aromatic rings. The number of ether oxygens (including phenoxy) is 3. The molecule has 5 rings (SSSR count). The van der Waals surface area contributed by atoms with Gasteiger partial charge in [0.2, 0.25) is 5.76 Å². The van der Waals surface area contributed by atoms with E-state index in [1.807, 2.05) is 18.2 Å². The maximum absolute atomic E-state index is 14.0. The number of amides is 1. The van der Waals surface area contributed by atoms with E-state index in [4.69, 9.17) is 18.6 Å². The number of methoxy groups -OCH3 is 3. The third-order valence-corrected chi connectivity index (χ3v) is 6.43. The monoisotopic (exact) mass is 489 g/mol. The molecule has 3 aromatic carbocycles. The van der Waals surface area contributed by atoms with Crippen LogP contribution in [0.4, 0.5) is 4.39 Å². The first-order valence-electron chi connectivity index (χ1n) is 11.4. The second-order valence-corrected chi connectivity index (χ2v) is 8.43. The van der Waals surface area contributed by atoms with Crippen LogP contribution in [0.5, 0.6) is 17.2 Å². The third kappa shape index (κ3) is 3.94. The Hall–Kier alpha value is -4.33. The van der Waals surface area contributed by atoms with Crippen LogP contribution < -0.4 is 19.6 Å². The molecule has 1 atom stereocenters. The van der Waals surface area contributed by atoms with Crippen LogP contribution >= 0.6 is 0 Å². The maximum atomic E-state index is 14.0. The Morgan fingerprint density at radius 1 is 0.917 bits per heavy atom. The average molecular weight is 489 g/mol. The van der Waals surface area contributed by atoms with Gasteiger partial charge in [0.05, 0.1) is 38.3 Å². The minimum atomic E-state index is -0.716. The minimum absolute atomic E-state index is 0.0285. The van der Waals surface area contributed by atoms with Crippen molar-refractivity contribution in [3.8, 4) is 17.2 Å². The summed E-state index contributed by atoms with van der Waals surface area (Å²) in [7, 11) is 4.68. The summed E-state index contributed by atoms with van der Waals surface area (Å²) in [6.07, 6.45) is 0.489. The lowest BCUT2D eigenvalue weighted by Gasteiger charge is -2.25. The summed E-state index contributed by atoms with van der Waals surface area (Å²) >= 11 is 0. The summed E-state index contributed by atoms with van der Waals surface area (Å²) in [6, 6.07) is 15.7. The molecule has 0 N–H and O–H groups in total. The second kappa shape index (κ2) is 9.37. The number of carbonyl (C=O) groups is 1. The highest BCUT2D eigenvalue weighted by Gasteiger charge is 2.42. The van der Waals surface area contributed by atoms with E-state index in [1.165, 1.54) is 12.1 Å². The number of rotatable bonds is 7. The van der Waals surface area contributed by atoms with Crippen molar-refractivity contribution < 1.29 is 27.8 Å². The zero-order valence-electron chi connectivity index (χ0n) is 20.0. The molecule has 1 aromatic heterocycles. The van der Waals surface area contributed by atoms with E-state index in [1.54, 1.807) is 50.5 Å². The van der Waals surface area contributed by atoms with Gasteiger partial charge in [0, 0.05) is 6.54 Å². The summed E-state index contributed by atoms with van der Waals surface area (Å²) < 4.78 is 35.9. The van der Waals surface area contributed by atoms with Crippen LogP contribution in [0.2, 0.25) is 0 Å². The van der Waals surface area contributed by atoms with E-state index in [0.29, 0.717) is 35.8 Å². The van der Waals surface area contributed by atoms with Gasteiger partial charge in [0.15, 0.2) is 16.9 Å². The molecule has 1 aliphatic rings. The van der Waals surface area contributed by atoms with Gasteiger partial charge in [-0.25, -0.2) is 4.39 Å². The van der Waals surface area contributed by atoms with Gasteiger partial charge in [-0.2, -0.15) is 0 Å². The highest BCUT2D eigenvalue weighted by Crippen LogP contribution is 2.39. The zero-order chi connectivity index (χ0) is 25.4. The molecule has 184 valence electrons. The first-order valence-corrected chi connectivity index (χ1v) is 11.4. The van der Waals surface area contributed by atoms with Gasteiger partial charge in [0.1, 0.15) is 17.1 Å². The molecule has 1 aliphatic heterocycles. The molecule has 7 nitrogen and oxygen atoms in total. The molecule has 0 unspecified atom stereocenters. The van der Waals surface area contributed by atoms with Gasteiger partial charge < -0.3 is 23.5 Å². The minimum Gasteiger partial charge on any atom is -0.497 e. The lowest BCUT2D eigenvalue weighted by molar-refractivity contribution is 0.0730. The first kappa shape index (κ1) is 23.4. The number of hydrogen-bond acceptors (Lipinski definition) is 6. The summed E-state index contributed by atoms with van der Waals surface area (Å²) in [5.41, 5.74) is 1.54. The molecule has 0 bridgehead atoms. The number of halogens is 1. The van der Waals surface area contributed by atoms with Gasteiger partial charge in [-0.3, -0.25) is 9.59 Å². The molecular formula is C28H24FNO6. The number of fused-ring (bicyclic) bond motifs is 2. The quantitative estimate of drug-likeness (QED) is 0.373. The number of benzene rings is 3. The standard InChI is InChI=1S/C28H24FNO6/c1-33-19-6-4-5-17(14-19)25-24-26(31)20-15-18(29)8-10-21(20)36-27(24)28(32)30(25)12-11-16-7-9-22(34-2)23(13-16)35-3/h4-10,13-15,25H,11-12H2,1-3H3/t25-/m1/s1. The molecule has 0 saturated heterocycles. The SMILES string of the molecule is COc1cccc([C@@H]2c3c(oc4ccc(F)cc4c3=O)C(=O)N2CCc2ccc(OC)c(OC)c2)c1. The van der Waals surface area contributed by atoms with Gasteiger partial charge in [-0.15, -0.1) is 0 Å². The number of carbonyl (C=O) groups excluding carboxylic acids is 1. The fourth-order valence-corrected chi connectivity index (χ4v) is 4.67. The first-order chi connectivity index (χ1) is 17.4. The lowest BCUT2D eigenvalue weighted by Crippen LogP contribution is -2.31. The molecule has 0 aliphatic carbocycles. The Morgan fingerprint density at radius 2 is 1.72 bits per heavy atom. The fourth-order valence-electron chi connectivity index (χ4n) is 4.67. The Morgan fingerprint density at radius 3 is 2.47 bits per heavy atom. The Bertz CT molecular complexity index is 1530. The highest BCUT2D eigenvalue weighted by molar-refractivity contribution is 5.99. The predicted octanol–water partition coefficient (Wildman–Crippen LogP) is 4.75. The molecule has 2 heterocycles. The van der Waals surface area contributed by atoms with E-state index < -0.39 is 23.2 Å². The summed E-state index contributed by atoms with van der Waals surface area (Å²) in [5.74, 6) is 0.794. The molecular weight excluding hydrogens is 465 g/mol. The van der Waals surface area contributed by atoms with Crippen LogP contribution in [0, 0.1) is 5.82 Å². The van der Waals surface area contributed by atoms with E-state index in [0.717, 1.165) is 11.6 Å². The second-order valence-electron chi connectivity index (χ2n) is 8.43. The van der Waals surface area contributed by atoms with E-state index in [9.17, 15) is 14.0 Å². The Labute approximate surface area is 206 Å². The summed E-state index contributed by atoms with van der Waals surface area (Å²) in [5, 5.41) is 0.0937. The Kier molecular flexibility index (Phi) is 6.10. The maximum Gasteiger partial charge on any atom is 0.290 e. The smallest absolute Gasteiger partial charge is 0.290 e. The van der Waals surface area contributed by atoms with E-state index in [2.05, 4.69) is 0 Å². The molecule has 36 heavy (non-hydrogen) atoms.